The van der Waals surface area contributed by atoms with Gasteiger partial charge in [0, 0.05) is 42.3 Å². The van der Waals surface area contributed by atoms with Crippen LogP contribution in [0, 0.1) is 10.1 Å². The zero-order valence-electron chi connectivity index (χ0n) is 14.5. The molecule has 6 nitrogen and oxygen atoms in total. The third-order valence-corrected chi connectivity index (χ3v) is 5.43. The van der Waals surface area contributed by atoms with Crippen LogP contribution < -0.4 is 4.90 Å². The van der Waals surface area contributed by atoms with Crippen molar-refractivity contribution in [2.45, 2.75) is 18.8 Å². The molecule has 138 valence electrons. The second kappa shape index (κ2) is 7.04. The van der Waals surface area contributed by atoms with Crippen LogP contribution in [0.15, 0.2) is 48.7 Å². The van der Waals surface area contributed by atoms with Gasteiger partial charge in [-0.05, 0) is 24.5 Å². The maximum Gasteiger partial charge on any atom is 0.314 e. The summed E-state index contributed by atoms with van der Waals surface area (Å²) in [4.78, 5) is 16.9. The van der Waals surface area contributed by atoms with E-state index < -0.39 is 16.4 Å². The molecule has 1 N–H and O–H groups in total. The largest absolute Gasteiger partial charge is 0.501 e. The van der Waals surface area contributed by atoms with Crippen LogP contribution in [0.1, 0.15) is 24.3 Å². The number of benzene rings is 2. The lowest BCUT2D eigenvalue weighted by molar-refractivity contribution is -0.385. The van der Waals surface area contributed by atoms with Gasteiger partial charge in [0.25, 0.3) is 0 Å². The predicted molar refractivity (Wildman–Crippen MR) is 106 cm³/mol. The van der Waals surface area contributed by atoms with Crippen molar-refractivity contribution in [2.75, 3.05) is 18.0 Å². The number of phenols is 1. The molecular formula is C20H18ClN3O3. The van der Waals surface area contributed by atoms with E-state index >= 15 is 0 Å². The van der Waals surface area contributed by atoms with Gasteiger partial charge in [-0.15, -0.1) is 0 Å². The number of anilines is 1. The van der Waals surface area contributed by atoms with Gasteiger partial charge in [0.2, 0.25) is 5.75 Å². The Morgan fingerprint density at radius 1 is 1.26 bits per heavy atom. The molecule has 0 aliphatic carbocycles. The fourth-order valence-corrected chi connectivity index (χ4v) is 4.13. The van der Waals surface area contributed by atoms with Gasteiger partial charge in [-0.2, -0.15) is 0 Å². The first-order valence-electron chi connectivity index (χ1n) is 8.80. The number of fused-ring (bicyclic) bond motifs is 1. The molecule has 0 radical (unpaired) electrons. The van der Waals surface area contributed by atoms with Crippen molar-refractivity contribution in [3.63, 3.8) is 0 Å². The van der Waals surface area contributed by atoms with E-state index in [1.807, 2.05) is 24.3 Å². The molecule has 1 fully saturated rings. The van der Waals surface area contributed by atoms with Crippen LogP contribution in [0.25, 0.3) is 10.9 Å². The van der Waals surface area contributed by atoms with E-state index in [9.17, 15) is 15.2 Å². The summed E-state index contributed by atoms with van der Waals surface area (Å²) in [5.74, 6) is -0.0496. The second-order valence-corrected chi connectivity index (χ2v) is 7.14. The number of pyridine rings is 1. The molecule has 0 bridgehead atoms. The summed E-state index contributed by atoms with van der Waals surface area (Å²) in [6.07, 6.45) is 3.69. The minimum Gasteiger partial charge on any atom is -0.501 e. The van der Waals surface area contributed by atoms with E-state index in [4.69, 9.17) is 11.6 Å². The lowest BCUT2D eigenvalue weighted by Gasteiger charge is -2.35. The van der Waals surface area contributed by atoms with Crippen molar-refractivity contribution in [1.82, 2.24) is 4.98 Å². The molecule has 0 spiro atoms. The third kappa shape index (κ3) is 3.17. The van der Waals surface area contributed by atoms with E-state index in [1.165, 1.54) is 11.6 Å². The second-order valence-electron chi connectivity index (χ2n) is 6.73. The number of hydrogen-bond acceptors (Lipinski definition) is 5. The summed E-state index contributed by atoms with van der Waals surface area (Å²) in [6.45, 7) is 1.67. The number of aromatic nitrogens is 1. The van der Waals surface area contributed by atoms with E-state index in [-0.39, 0.29) is 10.5 Å². The highest BCUT2D eigenvalue weighted by Crippen LogP contribution is 2.43. The Morgan fingerprint density at radius 3 is 2.78 bits per heavy atom. The van der Waals surface area contributed by atoms with Gasteiger partial charge in [-0.25, -0.2) is 0 Å². The molecule has 4 rings (SSSR count). The molecule has 0 amide bonds. The SMILES string of the molecule is O=[N+]([O-])c1cc(Cl)c2c(N3CCCC(c4ccccc4)C3)ccnc2c1O. The predicted octanol–water partition coefficient (Wildman–Crippen LogP) is 4.89. The van der Waals surface area contributed by atoms with Crippen molar-refractivity contribution in [1.29, 1.82) is 0 Å². The van der Waals surface area contributed by atoms with Crippen LogP contribution in [-0.2, 0) is 0 Å². The molecule has 1 atom stereocenters. The quantitative estimate of drug-likeness (QED) is 0.514. The minimum atomic E-state index is -0.651. The Morgan fingerprint density at radius 2 is 2.04 bits per heavy atom. The first kappa shape index (κ1) is 17.5. The molecule has 7 heteroatoms. The van der Waals surface area contributed by atoms with Crippen LogP contribution in [0.2, 0.25) is 5.02 Å². The normalized spacial score (nSPS) is 17.2. The van der Waals surface area contributed by atoms with Gasteiger partial charge in [0.1, 0.15) is 5.52 Å². The zero-order valence-corrected chi connectivity index (χ0v) is 15.3. The average Bonchev–Trinajstić information content (AvgIpc) is 2.70. The number of nitro benzene ring substituents is 1. The van der Waals surface area contributed by atoms with Gasteiger partial charge in [0.15, 0.2) is 0 Å². The summed E-state index contributed by atoms with van der Waals surface area (Å²) < 4.78 is 0. The molecule has 1 unspecified atom stereocenters. The number of phenolic OH excluding ortho intramolecular Hbond substituents is 1. The van der Waals surface area contributed by atoms with Crippen molar-refractivity contribution < 1.29 is 10.0 Å². The smallest absolute Gasteiger partial charge is 0.314 e. The van der Waals surface area contributed by atoms with Crippen molar-refractivity contribution in [3.8, 4) is 5.75 Å². The molecule has 1 saturated heterocycles. The summed E-state index contributed by atoms with van der Waals surface area (Å²) in [6, 6.07) is 13.4. The number of aromatic hydroxyl groups is 1. The van der Waals surface area contributed by atoms with Crippen LogP contribution in [-0.4, -0.2) is 28.1 Å². The van der Waals surface area contributed by atoms with Crippen molar-refractivity contribution in [3.05, 3.63) is 69.4 Å². The first-order chi connectivity index (χ1) is 13.1. The maximum atomic E-state index is 11.2. The maximum absolute atomic E-state index is 11.2. The van der Waals surface area contributed by atoms with E-state index in [2.05, 4.69) is 22.0 Å². The third-order valence-electron chi connectivity index (χ3n) is 5.13. The summed E-state index contributed by atoms with van der Waals surface area (Å²) >= 11 is 6.37. The number of halogens is 1. The molecular weight excluding hydrogens is 366 g/mol. The van der Waals surface area contributed by atoms with Gasteiger partial charge >= 0.3 is 5.69 Å². The number of nitro groups is 1. The lowest BCUT2D eigenvalue weighted by Crippen LogP contribution is -2.34. The Kier molecular flexibility index (Phi) is 4.58. The van der Waals surface area contributed by atoms with Gasteiger partial charge in [-0.3, -0.25) is 15.1 Å². The first-order valence-corrected chi connectivity index (χ1v) is 9.18. The van der Waals surface area contributed by atoms with E-state index in [0.717, 1.165) is 31.6 Å². The Balaban J connectivity index is 1.77. The lowest BCUT2D eigenvalue weighted by atomic mass is 9.90. The Bertz CT molecular complexity index is 1010. The fourth-order valence-electron chi connectivity index (χ4n) is 3.84. The van der Waals surface area contributed by atoms with Gasteiger partial charge in [0.05, 0.1) is 9.95 Å². The summed E-state index contributed by atoms with van der Waals surface area (Å²) in [7, 11) is 0. The van der Waals surface area contributed by atoms with Crippen LogP contribution in [0.5, 0.6) is 5.75 Å². The standard InChI is InChI=1S/C20H18ClN3O3/c21-15-11-17(24(26)27)20(25)19-18(15)16(8-9-22-19)23-10-4-7-14(12-23)13-5-2-1-3-6-13/h1-3,5-6,8-9,11,14,25H,4,7,10,12H2. The highest BCUT2D eigenvalue weighted by atomic mass is 35.5. The van der Waals surface area contributed by atoms with Gasteiger partial charge < -0.3 is 10.0 Å². The van der Waals surface area contributed by atoms with E-state index in [1.54, 1.807) is 6.20 Å². The number of rotatable bonds is 3. The van der Waals surface area contributed by atoms with E-state index in [0.29, 0.717) is 11.3 Å². The van der Waals surface area contributed by atoms with Crippen LogP contribution in [0.3, 0.4) is 0 Å². The molecule has 27 heavy (non-hydrogen) atoms. The summed E-state index contributed by atoms with van der Waals surface area (Å²) in [5.41, 5.74) is 1.87. The fraction of sp³-hybridized carbons (Fsp3) is 0.250. The van der Waals surface area contributed by atoms with Crippen LogP contribution in [0.4, 0.5) is 11.4 Å². The van der Waals surface area contributed by atoms with Gasteiger partial charge in [-0.1, -0.05) is 41.9 Å². The summed E-state index contributed by atoms with van der Waals surface area (Å²) in [5, 5.41) is 22.2. The topological polar surface area (TPSA) is 79.5 Å². The average molecular weight is 384 g/mol. The number of nitrogens with zero attached hydrogens (tertiary/aromatic N) is 3. The molecule has 1 aliphatic rings. The zero-order chi connectivity index (χ0) is 19.0. The molecule has 1 aromatic heterocycles. The van der Waals surface area contributed by atoms with Crippen molar-refractivity contribution in [2.24, 2.45) is 0 Å². The highest BCUT2D eigenvalue weighted by molar-refractivity contribution is 6.37. The molecule has 2 heterocycles. The highest BCUT2D eigenvalue weighted by Gasteiger charge is 2.26. The number of hydrogen-bond donors (Lipinski definition) is 1. The molecule has 2 aromatic carbocycles. The Hall–Kier alpha value is -2.86. The van der Waals surface area contributed by atoms with Crippen LogP contribution >= 0.6 is 11.6 Å². The monoisotopic (exact) mass is 383 g/mol. The number of piperidine rings is 1. The molecule has 0 saturated carbocycles. The Labute approximate surface area is 161 Å². The molecule has 1 aliphatic heterocycles. The van der Waals surface area contributed by atoms with Crippen molar-refractivity contribution >= 4 is 33.9 Å². The minimum absolute atomic E-state index is 0.161. The molecule has 3 aromatic rings.